The lowest BCUT2D eigenvalue weighted by Gasteiger charge is -2.22. The third-order valence-electron chi connectivity index (χ3n) is 3.75. The molecule has 0 aliphatic rings. The number of H-pyrrole nitrogens is 1. The summed E-state index contributed by atoms with van der Waals surface area (Å²) in [6.07, 6.45) is 1.84. The Balaban J connectivity index is 1.94. The third-order valence-corrected chi connectivity index (χ3v) is 3.99. The number of hydrogen-bond acceptors (Lipinski definition) is 3. The number of carbonyl (C=O) groups excluding carboxylic acids is 1. The van der Waals surface area contributed by atoms with Crippen LogP contribution in [0.15, 0.2) is 35.0 Å². The van der Waals surface area contributed by atoms with Gasteiger partial charge in [-0.25, -0.2) is 0 Å². The second-order valence-corrected chi connectivity index (χ2v) is 6.23. The lowest BCUT2D eigenvalue weighted by Crippen LogP contribution is -2.34. The highest BCUT2D eigenvalue weighted by atomic mass is 35.5. The number of anilines is 1. The van der Waals surface area contributed by atoms with Gasteiger partial charge >= 0.3 is 0 Å². The van der Waals surface area contributed by atoms with Gasteiger partial charge in [0.2, 0.25) is 5.91 Å². The largest absolute Gasteiger partial charge is 0.361 e. The summed E-state index contributed by atoms with van der Waals surface area (Å²) in [7, 11) is 0. The van der Waals surface area contributed by atoms with Crippen molar-refractivity contribution in [2.24, 2.45) is 0 Å². The Labute approximate surface area is 132 Å². The fourth-order valence-corrected chi connectivity index (χ4v) is 2.61. The Morgan fingerprint density at radius 3 is 2.82 bits per heavy atom. The highest BCUT2D eigenvalue weighted by molar-refractivity contribution is 6.31. The monoisotopic (exact) mass is 317 g/mol. The van der Waals surface area contributed by atoms with Gasteiger partial charge in [0.15, 0.2) is 5.82 Å². The van der Waals surface area contributed by atoms with Crippen molar-refractivity contribution in [3.05, 3.63) is 46.8 Å². The molecule has 2 heterocycles. The first kappa shape index (κ1) is 14.7. The van der Waals surface area contributed by atoms with E-state index < -0.39 is 5.41 Å². The maximum atomic E-state index is 12.6. The molecular formula is C16H16ClN3O2. The molecule has 2 aromatic heterocycles. The average Bonchev–Trinajstić information content (AvgIpc) is 3.04. The number of aryl methyl sites for hydroxylation is 1. The molecule has 0 saturated carbocycles. The van der Waals surface area contributed by atoms with Crippen LogP contribution in [-0.4, -0.2) is 16.0 Å². The van der Waals surface area contributed by atoms with Gasteiger partial charge < -0.3 is 14.8 Å². The predicted molar refractivity (Wildman–Crippen MR) is 86.2 cm³/mol. The second kappa shape index (κ2) is 5.18. The number of amides is 1. The number of fused-ring (bicyclic) bond motifs is 1. The van der Waals surface area contributed by atoms with Crippen LogP contribution in [0.3, 0.4) is 0 Å². The summed E-state index contributed by atoms with van der Waals surface area (Å²) in [5.41, 5.74) is 1.07. The van der Waals surface area contributed by atoms with Gasteiger partial charge in [-0.1, -0.05) is 22.8 Å². The lowest BCUT2D eigenvalue weighted by molar-refractivity contribution is -0.120. The van der Waals surface area contributed by atoms with Crippen LogP contribution in [0.5, 0.6) is 0 Å². The molecule has 5 nitrogen and oxygen atoms in total. The van der Waals surface area contributed by atoms with Crippen molar-refractivity contribution in [2.75, 3.05) is 5.32 Å². The molecule has 6 heteroatoms. The van der Waals surface area contributed by atoms with E-state index in [1.807, 2.05) is 38.2 Å². The standard InChI is InChI=1S/C16H16ClN3O2/c1-9-6-14(20-22-9)19-15(21)16(2,3)12-8-18-13-7-10(17)4-5-11(12)13/h4-8,18H,1-3H3,(H,19,20,21). The highest BCUT2D eigenvalue weighted by Crippen LogP contribution is 2.32. The van der Waals surface area contributed by atoms with Gasteiger partial charge in [-0.2, -0.15) is 0 Å². The van der Waals surface area contributed by atoms with E-state index in [1.165, 1.54) is 0 Å². The van der Waals surface area contributed by atoms with Crippen LogP contribution < -0.4 is 5.32 Å². The molecule has 0 atom stereocenters. The SMILES string of the molecule is Cc1cc(NC(=O)C(C)(C)c2c[nH]c3cc(Cl)ccc23)no1. The lowest BCUT2D eigenvalue weighted by atomic mass is 9.83. The van der Waals surface area contributed by atoms with Crippen LogP contribution in [0.2, 0.25) is 5.02 Å². The van der Waals surface area contributed by atoms with Crippen LogP contribution in [-0.2, 0) is 10.2 Å². The Morgan fingerprint density at radius 2 is 2.14 bits per heavy atom. The smallest absolute Gasteiger partial charge is 0.235 e. The Morgan fingerprint density at radius 1 is 1.36 bits per heavy atom. The molecule has 0 fully saturated rings. The van der Waals surface area contributed by atoms with Gasteiger partial charge in [0.1, 0.15) is 5.76 Å². The summed E-state index contributed by atoms with van der Waals surface area (Å²) < 4.78 is 4.97. The van der Waals surface area contributed by atoms with Crippen LogP contribution in [0.4, 0.5) is 5.82 Å². The maximum Gasteiger partial charge on any atom is 0.235 e. The minimum atomic E-state index is -0.737. The van der Waals surface area contributed by atoms with Crippen molar-refractivity contribution < 1.29 is 9.32 Å². The number of aromatic nitrogens is 2. The minimum Gasteiger partial charge on any atom is -0.361 e. The van der Waals surface area contributed by atoms with Gasteiger partial charge in [-0.05, 0) is 38.5 Å². The Hall–Kier alpha value is -2.27. The number of aromatic amines is 1. The van der Waals surface area contributed by atoms with E-state index in [0.29, 0.717) is 16.6 Å². The van der Waals surface area contributed by atoms with Crippen molar-refractivity contribution in [2.45, 2.75) is 26.2 Å². The molecule has 0 spiro atoms. The molecule has 22 heavy (non-hydrogen) atoms. The average molecular weight is 318 g/mol. The van der Waals surface area contributed by atoms with E-state index in [-0.39, 0.29) is 5.91 Å². The molecule has 0 aliphatic heterocycles. The van der Waals surface area contributed by atoms with Crippen molar-refractivity contribution in [3.8, 4) is 0 Å². The summed E-state index contributed by atoms with van der Waals surface area (Å²) in [4.78, 5) is 15.8. The molecule has 0 aliphatic carbocycles. The molecule has 0 unspecified atom stereocenters. The van der Waals surface area contributed by atoms with Crippen molar-refractivity contribution in [1.29, 1.82) is 0 Å². The van der Waals surface area contributed by atoms with Crippen molar-refractivity contribution in [3.63, 3.8) is 0 Å². The Kier molecular flexibility index (Phi) is 3.45. The number of hydrogen-bond donors (Lipinski definition) is 2. The summed E-state index contributed by atoms with van der Waals surface area (Å²) in [5, 5.41) is 8.20. The van der Waals surface area contributed by atoms with Crippen molar-refractivity contribution in [1.82, 2.24) is 10.1 Å². The summed E-state index contributed by atoms with van der Waals surface area (Å²) in [6, 6.07) is 7.26. The fourth-order valence-electron chi connectivity index (χ4n) is 2.44. The molecular weight excluding hydrogens is 302 g/mol. The van der Waals surface area contributed by atoms with Gasteiger partial charge in [0, 0.05) is 28.2 Å². The quantitative estimate of drug-likeness (QED) is 0.766. The van der Waals surface area contributed by atoms with Gasteiger partial charge in [0.25, 0.3) is 0 Å². The second-order valence-electron chi connectivity index (χ2n) is 5.79. The van der Waals surface area contributed by atoms with Gasteiger partial charge in [0.05, 0.1) is 5.41 Å². The third kappa shape index (κ3) is 2.48. The van der Waals surface area contributed by atoms with Crippen LogP contribution in [0.25, 0.3) is 10.9 Å². The molecule has 0 saturated heterocycles. The van der Waals surface area contributed by atoms with E-state index in [2.05, 4.69) is 15.5 Å². The summed E-state index contributed by atoms with van der Waals surface area (Å²) in [5.74, 6) is 0.907. The topological polar surface area (TPSA) is 70.9 Å². The van der Waals surface area contributed by atoms with Gasteiger partial charge in [-0.15, -0.1) is 0 Å². The van der Waals surface area contributed by atoms with Crippen LogP contribution in [0, 0.1) is 6.92 Å². The number of benzene rings is 1. The first-order valence-corrected chi connectivity index (χ1v) is 7.27. The normalized spacial score (nSPS) is 11.8. The fraction of sp³-hybridized carbons (Fsp3) is 0.250. The molecule has 1 amide bonds. The minimum absolute atomic E-state index is 0.156. The zero-order valence-electron chi connectivity index (χ0n) is 12.5. The number of nitrogens with one attached hydrogen (secondary N) is 2. The first-order valence-electron chi connectivity index (χ1n) is 6.90. The molecule has 3 rings (SSSR count). The zero-order chi connectivity index (χ0) is 15.9. The van der Waals surface area contributed by atoms with E-state index in [9.17, 15) is 4.79 Å². The van der Waals surface area contributed by atoms with Crippen LogP contribution in [0.1, 0.15) is 25.2 Å². The van der Waals surface area contributed by atoms with E-state index >= 15 is 0 Å². The first-order chi connectivity index (χ1) is 10.4. The summed E-state index contributed by atoms with van der Waals surface area (Å²) >= 11 is 6.00. The molecule has 114 valence electrons. The highest BCUT2D eigenvalue weighted by Gasteiger charge is 2.32. The number of carbonyl (C=O) groups is 1. The molecule has 2 N–H and O–H groups in total. The number of nitrogens with zero attached hydrogens (tertiary/aromatic N) is 1. The maximum absolute atomic E-state index is 12.6. The molecule has 0 radical (unpaired) electrons. The van der Waals surface area contributed by atoms with Gasteiger partial charge in [-0.3, -0.25) is 4.79 Å². The number of rotatable bonds is 3. The van der Waals surface area contributed by atoms with E-state index in [1.54, 1.807) is 13.0 Å². The molecule has 0 bridgehead atoms. The Bertz CT molecular complexity index is 848. The molecule has 3 aromatic rings. The predicted octanol–water partition coefficient (Wildman–Crippen LogP) is 4.03. The van der Waals surface area contributed by atoms with E-state index in [4.69, 9.17) is 16.1 Å². The van der Waals surface area contributed by atoms with Crippen LogP contribution >= 0.6 is 11.6 Å². The number of halogens is 1. The summed E-state index contributed by atoms with van der Waals surface area (Å²) in [6.45, 7) is 5.51. The zero-order valence-corrected chi connectivity index (χ0v) is 13.3. The molecule has 1 aromatic carbocycles. The van der Waals surface area contributed by atoms with E-state index in [0.717, 1.165) is 16.5 Å². The van der Waals surface area contributed by atoms with Crippen molar-refractivity contribution >= 4 is 34.2 Å².